The van der Waals surface area contributed by atoms with Crippen LogP contribution in [0.15, 0.2) is 0 Å². The van der Waals surface area contributed by atoms with Crippen LogP contribution in [-0.2, 0) is 0 Å². The first kappa shape index (κ1) is 12.9. The predicted octanol–water partition coefficient (Wildman–Crippen LogP) is 2.30. The van der Waals surface area contributed by atoms with E-state index < -0.39 is 0 Å². The maximum Gasteiger partial charge on any atom is 0.0455 e. The average molecular weight is 186 g/mol. The van der Waals surface area contributed by atoms with Gasteiger partial charge in [-0.05, 0) is 37.8 Å². The third-order valence-corrected chi connectivity index (χ3v) is 2.30. The molecular weight excluding hydrogens is 160 g/mol. The van der Waals surface area contributed by atoms with Crippen molar-refractivity contribution < 1.29 is 0 Å². The molecule has 0 aliphatic rings. The van der Waals surface area contributed by atoms with E-state index in [4.69, 9.17) is 5.73 Å². The molecule has 0 unspecified atom stereocenters. The Bertz CT molecular complexity index is 98.7. The molecule has 2 nitrogen and oxygen atoms in total. The molecule has 2 N–H and O–H groups in total. The van der Waals surface area contributed by atoms with Crippen molar-refractivity contribution in [2.24, 2.45) is 17.6 Å². The van der Waals surface area contributed by atoms with E-state index >= 15 is 0 Å². The van der Waals surface area contributed by atoms with E-state index in [2.05, 4.69) is 32.6 Å². The van der Waals surface area contributed by atoms with Crippen LogP contribution in [0.25, 0.3) is 0 Å². The smallest absolute Gasteiger partial charge is 0.0455 e. The van der Waals surface area contributed by atoms with Crippen molar-refractivity contribution in [2.75, 3.05) is 19.8 Å². The van der Waals surface area contributed by atoms with Gasteiger partial charge in [-0.15, -0.1) is 0 Å². The number of hydrogen-bond donors (Lipinski definition) is 1. The summed E-state index contributed by atoms with van der Waals surface area (Å²) in [4.78, 5) is 2.35. The number of hydrogen-bond acceptors (Lipinski definition) is 2. The Kier molecular flexibility index (Phi) is 7.29. The Balaban J connectivity index is 3.51. The Morgan fingerprint density at radius 1 is 0.923 bits per heavy atom. The minimum absolute atomic E-state index is 0.708. The van der Waals surface area contributed by atoms with E-state index in [0.717, 1.165) is 24.9 Å². The summed E-state index contributed by atoms with van der Waals surface area (Å²) in [6, 6.07) is 0. The summed E-state index contributed by atoms with van der Waals surface area (Å²) >= 11 is 0. The lowest BCUT2D eigenvalue weighted by molar-refractivity contribution is 0.250. The summed E-state index contributed by atoms with van der Waals surface area (Å²) in [6.45, 7) is 12.1. The van der Waals surface area contributed by atoms with Crippen LogP contribution < -0.4 is 5.73 Å². The molecule has 2 heteroatoms. The Morgan fingerprint density at radius 3 is 1.54 bits per heavy atom. The average Bonchev–Trinajstić information content (AvgIpc) is 2.04. The summed E-state index contributed by atoms with van der Waals surface area (Å²) in [7, 11) is 0. The Labute approximate surface area is 83.5 Å². The SMILES string of the molecule is CC(C)CCN(CN)CCC(C)C. The van der Waals surface area contributed by atoms with Gasteiger partial charge in [0.1, 0.15) is 0 Å². The molecule has 0 radical (unpaired) electrons. The van der Waals surface area contributed by atoms with Gasteiger partial charge >= 0.3 is 0 Å². The molecular formula is C11H26N2. The van der Waals surface area contributed by atoms with Gasteiger partial charge < -0.3 is 5.73 Å². The second kappa shape index (κ2) is 7.34. The second-order valence-electron chi connectivity index (χ2n) is 4.67. The zero-order valence-electron chi connectivity index (χ0n) is 9.71. The molecule has 0 aromatic carbocycles. The van der Waals surface area contributed by atoms with Crippen molar-refractivity contribution in [1.29, 1.82) is 0 Å². The van der Waals surface area contributed by atoms with E-state index in [-0.39, 0.29) is 0 Å². The number of rotatable bonds is 7. The van der Waals surface area contributed by atoms with E-state index in [1.807, 2.05) is 0 Å². The quantitative estimate of drug-likeness (QED) is 0.618. The van der Waals surface area contributed by atoms with Gasteiger partial charge in [0.05, 0.1) is 0 Å². The van der Waals surface area contributed by atoms with E-state index in [1.165, 1.54) is 12.8 Å². The summed E-state index contributed by atoms with van der Waals surface area (Å²) in [5.74, 6) is 1.57. The molecule has 0 rings (SSSR count). The van der Waals surface area contributed by atoms with E-state index in [1.54, 1.807) is 0 Å². The Morgan fingerprint density at radius 2 is 1.31 bits per heavy atom. The topological polar surface area (TPSA) is 29.3 Å². The third-order valence-electron chi connectivity index (χ3n) is 2.30. The van der Waals surface area contributed by atoms with Gasteiger partial charge in [-0.3, -0.25) is 4.90 Å². The van der Waals surface area contributed by atoms with Crippen molar-refractivity contribution in [2.45, 2.75) is 40.5 Å². The molecule has 0 bridgehead atoms. The van der Waals surface area contributed by atoms with Crippen LogP contribution in [0.4, 0.5) is 0 Å². The Hall–Kier alpha value is -0.0800. The zero-order chi connectivity index (χ0) is 10.3. The van der Waals surface area contributed by atoms with Crippen LogP contribution in [0.1, 0.15) is 40.5 Å². The van der Waals surface area contributed by atoms with Gasteiger partial charge in [-0.1, -0.05) is 27.7 Å². The van der Waals surface area contributed by atoms with Crippen molar-refractivity contribution >= 4 is 0 Å². The molecule has 0 aromatic heterocycles. The normalized spacial score (nSPS) is 12.0. The fraction of sp³-hybridized carbons (Fsp3) is 1.00. The molecule has 13 heavy (non-hydrogen) atoms. The van der Waals surface area contributed by atoms with Crippen LogP contribution in [0.5, 0.6) is 0 Å². The summed E-state index contributed by atoms with van der Waals surface area (Å²) in [5, 5.41) is 0. The largest absolute Gasteiger partial charge is 0.318 e. The minimum atomic E-state index is 0.708. The van der Waals surface area contributed by atoms with Gasteiger partial charge in [0.2, 0.25) is 0 Å². The number of nitrogens with two attached hydrogens (primary N) is 1. The van der Waals surface area contributed by atoms with Crippen molar-refractivity contribution in [3.8, 4) is 0 Å². The van der Waals surface area contributed by atoms with Gasteiger partial charge in [0.15, 0.2) is 0 Å². The molecule has 80 valence electrons. The fourth-order valence-corrected chi connectivity index (χ4v) is 1.18. The predicted molar refractivity (Wildman–Crippen MR) is 59.5 cm³/mol. The third kappa shape index (κ3) is 8.26. The molecule has 0 aliphatic heterocycles. The lowest BCUT2D eigenvalue weighted by Crippen LogP contribution is -2.33. The first-order chi connectivity index (χ1) is 6.06. The van der Waals surface area contributed by atoms with Gasteiger partial charge in [-0.2, -0.15) is 0 Å². The summed E-state index contributed by atoms with van der Waals surface area (Å²) in [5.41, 5.74) is 5.67. The monoisotopic (exact) mass is 186 g/mol. The van der Waals surface area contributed by atoms with Crippen molar-refractivity contribution in [3.05, 3.63) is 0 Å². The maximum atomic E-state index is 5.67. The van der Waals surface area contributed by atoms with E-state index in [0.29, 0.717) is 6.67 Å². The molecule has 0 spiro atoms. The summed E-state index contributed by atoms with van der Waals surface area (Å²) < 4.78 is 0. The molecule has 0 amide bonds. The molecule has 0 atom stereocenters. The number of nitrogens with zero attached hydrogens (tertiary/aromatic N) is 1. The van der Waals surface area contributed by atoms with Gasteiger partial charge in [-0.25, -0.2) is 0 Å². The van der Waals surface area contributed by atoms with Crippen LogP contribution >= 0.6 is 0 Å². The van der Waals surface area contributed by atoms with Crippen molar-refractivity contribution in [3.63, 3.8) is 0 Å². The van der Waals surface area contributed by atoms with Crippen LogP contribution in [-0.4, -0.2) is 24.7 Å². The first-order valence-electron chi connectivity index (χ1n) is 5.48. The molecule has 0 aliphatic carbocycles. The minimum Gasteiger partial charge on any atom is -0.318 e. The van der Waals surface area contributed by atoms with Crippen LogP contribution in [0, 0.1) is 11.8 Å². The standard InChI is InChI=1S/C11H26N2/c1-10(2)5-7-13(9-12)8-6-11(3)4/h10-11H,5-9,12H2,1-4H3. The highest BCUT2D eigenvalue weighted by Crippen LogP contribution is 2.04. The highest BCUT2D eigenvalue weighted by atomic mass is 15.2. The molecule has 0 heterocycles. The summed E-state index contributed by atoms with van der Waals surface area (Å²) in [6.07, 6.45) is 2.52. The van der Waals surface area contributed by atoms with Gasteiger partial charge in [0, 0.05) is 6.67 Å². The van der Waals surface area contributed by atoms with Crippen LogP contribution in [0.3, 0.4) is 0 Å². The second-order valence-corrected chi connectivity index (χ2v) is 4.67. The maximum absolute atomic E-state index is 5.67. The lowest BCUT2D eigenvalue weighted by Gasteiger charge is -2.21. The first-order valence-corrected chi connectivity index (χ1v) is 5.48. The lowest BCUT2D eigenvalue weighted by atomic mass is 10.1. The van der Waals surface area contributed by atoms with E-state index in [9.17, 15) is 0 Å². The van der Waals surface area contributed by atoms with Crippen LogP contribution in [0.2, 0.25) is 0 Å². The molecule has 0 saturated carbocycles. The highest BCUT2D eigenvalue weighted by molar-refractivity contribution is 4.58. The molecule has 0 fully saturated rings. The zero-order valence-corrected chi connectivity index (χ0v) is 9.71. The molecule has 0 saturated heterocycles. The van der Waals surface area contributed by atoms with Crippen molar-refractivity contribution in [1.82, 2.24) is 4.90 Å². The van der Waals surface area contributed by atoms with Gasteiger partial charge in [0.25, 0.3) is 0 Å². The fourth-order valence-electron chi connectivity index (χ4n) is 1.18. The molecule has 0 aromatic rings. The highest BCUT2D eigenvalue weighted by Gasteiger charge is 2.04.